The van der Waals surface area contributed by atoms with Gasteiger partial charge < -0.3 is 15.2 Å². The quantitative estimate of drug-likeness (QED) is 0.346. The number of hydrogen-bond acceptors (Lipinski definition) is 5. The molecule has 4 N–H and O–H groups in total. The molecular formula is C16H20N2O5. The van der Waals surface area contributed by atoms with Crippen molar-refractivity contribution >= 4 is 11.8 Å². The zero-order valence-corrected chi connectivity index (χ0v) is 13.2. The molecule has 0 unspecified atom stereocenters. The first kappa shape index (κ1) is 18.5. The Balaban J connectivity index is 2.79. The van der Waals surface area contributed by atoms with Gasteiger partial charge in [0.1, 0.15) is 18.4 Å². The zero-order valence-electron chi connectivity index (χ0n) is 13.2. The van der Waals surface area contributed by atoms with Gasteiger partial charge in [-0.1, -0.05) is 5.92 Å². The predicted octanol–water partition coefficient (Wildman–Crippen LogP) is 0.463. The van der Waals surface area contributed by atoms with Gasteiger partial charge in [0.2, 0.25) is 0 Å². The first-order valence-electron chi connectivity index (χ1n) is 6.89. The lowest BCUT2D eigenvalue weighted by Crippen LogP contribution is -2.57. The molecule has 0 aliphatic rings. The first-order chi connectivity index (χ1) is 10.8. The summed E-state index contributed by atoms with van der Waals surface area (Å²) in [5, 5.41) is 21.0. The molecule has 0 heterocycles. The Morgan fingerprint density at radius 1 is 1.30 bits per heavy atom. The van der Waals surface area contributed by atoms with E-state index in [4.69, 9.17) is 9.94 Å². The van der Waals surface area contributed by atoms with Crippen LogP contribution in [0.2, 0.25) is 0 Å². The number of benzene rings is 1. The lowest BCUT2D eigenvalue weighted by Gasteiger charge is -2.28. The molecule has 7 heteroatoms. The molecule has 0 aromatic heterocycles. The van der Waals surface area contributed by atoms with E-state index in [-0.39, 0.29) is 12.2 Å². The molecule has 0 spiro atoms. The molecule has 1 rings (SSSR count). The molecule has 23 heavy (non-hydrogen) atoms. The minimum Gasteiger partial charge on any atom is -0.481 e. The Kier molecular flexibility index (Phi) is 6.57. The van der Waals surface area contributed by atoms with Gasteiger partial charge >= 0.3 is 0 Å². The second-order valence-corrected chi connectivity index (χ2v) is 5.28. The van der Waals surface area contributed by atoms with Crippen LogP contribution in [0.15, 0.2) is 24.3 Å². The van der Waals surface area contributed by atoms with E-state index in [0.717, 1.165) is 0 Å². The highest BCUT2D eigenvalue weighted by molar-refractivity contribution is 5.97. The monoisotopic (exact) mass is 320 g/mol. The van der Waals surface area contributed by atoms with Crippen LogP contribution in [-0.4, -0.2) is 40.4 Å². The highest BCUT2D eigenvalue weighted by Crippen LogP contribution is 2.14. The van der Waals surface area contributed by atoms with Gasteiger partial charge in [0.05, 0.1) is 5.60 Å². The van der Waals surface area contributed by atoms with E-state index in [2.05, 4.69) is 17.2 Å². The molecule has 0 aliphatic heterocycles. The zero-order chi connectivity index (χ0) is 17.5. The summed E-state index contributed by atoms with van der Waals surface area (Å²) in [4.78, 5) is 23.7. The highest BCUT2D eigenvalue weighted by atomic mass is 16.5. The lowest BCUT2D eigenvalue weighted by atomic mass is 9.98. The Morgan fingerprint density at radius 2 is 1.91 bits per heavy atom. The van der Waals surface area contributed by atoms with Crippen LogP contribution in [0.4, 0.5) is 0 Å². The van der Waals surface area contributed by atoms with Crippen LogP contribution in [-0.2, 0) is 4.79 Å². The van der Waals surface area contributed by atoms with Crippen molar-refractivity contribution in [2.75, 3.05) is 6.61 Å². The van der Waals surface area contributed by atoms with Gasteiger partial charge in [0, 0.05) is 5.56 Å². The number of aliphatic hydroxyl groups is 1. The maximum Gasteiger partial charge on any atom is 0.268 e. The highest BCUT2D eigenvalue weighted by Gasteiger charge is 2.34. The number of ether oxygens (including phenoxy) is 1. The Hall–Kier alpha value is -2.56. The van der Waals surface area contributed by atoms with Crippen molar-refractivity contribution in [3.63, 3.8) is 0 Å². The van der Waals surface area contributed by atoms with Crippen molar-refractivity contribution in [2.24, 2.45) is 0 Å². The molecule has 0 bridgehead atoms. The summed E-state index contributed by atoms with van der Waals surface area (Å²) in [6.45, 7) is 4.65. The summed E-state index contributed by atoms with van der Waals surface area (Å²) in [5.74, 6) is 4.52. The number of hydroxylamine groups is 1. The number of hydrogen-bond donors (Lipinski definition) is 4. The van der Waals surface area contributed by atoms with E-state index < -0.39 is 23.5 Å². The Morgan fingerprint density at radius 3 is 2.39 bits per heavy atom. The standard InChI is InChI=1S/C16H20N2O5/c1-4-5-10-23-12-8-6-11(7-9-12)14(19)17-13(15(20)18-22)16(2,3)21/h6-9,13,21-22H,10H2,1-3H3,(H,17,19)(H,18,20)/t13-/m1/s1. The van der Waals surface area contributed by atoms with Gasteiger partial charge in [-0.15, -0.1) is 5.92 Å². The fourth-order valence-electron chi connectivity index (χ4n) is 1.74. The third-order valence-corrected chi connectivity index (χ3v) is 2.96. The van der Waals surface area contributed by atoms with E-state index in [1.807, 2.05) is 0 Å². The lowest BCUT2D eigenvalue weighted by molar-refractivity contribution is -0.136. The van der Waals surface area contributed by atoms with E-state index in [0.29, 0.717) is 5.75 Å². The van der Waals surface area contributed by atoms with Gasteiger partial charge in [-0.05, 0) is 45.0 Å². The van der Waals surface area contributed by atoms with Crippen LogP contribution in [0.5, 0.6) is 5.75 Å². The topological polar surface area (TPSA) is 108 Å². The van der Waals surface area contributed by atoms with Crippen molar-refractivity contribution in [3.8, 4) is 17.6 Å². The van der Waals surface area contributed by atoms with Gasteiger partial charge in [0.25, 0.3) is 11.8 Å². The molecule has 0 radical (unpaired) electrons. The second kappa shape index (κ2) is 8.17. The normalized spacial score (nSPS) is 11.7. The fourth-order valence-corrected chi connectivity index (χ4v) is 1.74. The van der Waals surface area contributed by atoms with Crippen molar-refractivity contribution < 1.29 is 24.6 Å². The van der Waals surface area contributed by atoms with E-state index >= 15 is 0 Å². The molecule has 7 nitrogen and oxygen atoms in total. The number of carbonyl (C=O) groups is 2. The summed E-state index contributed by atoms with van der Waals surface area (Å²) in [6.07, 6.45) is 0. The maximum absolute atomic E-state index is 12.1. The minimum atomic E-state index is -1.55. The van der Waals surface area contributed by atoms with Crippen LogP contribution in [0.25, 0.3) is 0 Å². The maximum atomic E-state index is 12.1. The van der Waals surface area contributed by atoms with Crippen molar-refractivity contribution in [1.82, 2.24) is 10.8 Å². The number of amides is 2. The smallest absolute Gasteiger partial charge is 0.268 e. The van der Waals surface area contributed by atoms with Gasteiger partial charge in [-0.25, -0.2) is 5.48 Å². The van der Waals surface area contributed by atoms with Crippen LogP contribution in [0.3, 0.4) is 0 Å². The SMILES string of the molecule is CC#CCOc1ccc(C(=O)N[C@H](C(=O)NO)C(C)(C)O)cc1. The largest absolute Gasteiger partial charge is 0.481 e. The van der Waals surface area contributed by atoms with Crippen LogP contribution < -0.4 is 15.5 Å². The second-order valence-electron chi connectivity index (χ2n) is 5.28. The van der Waals surface area contributed by atoms with Gasteiger partial charge in [-0.3, -0.25) is 14.8 Å². The minimum absolute atomic E-state index is 0.249. The average Bonchev–Trinajstić information content (AvgIpc) is 2.51. The predicted molar refractivity (Wildman–Crippen MR) is 82.9 cm³/mol. The molecule has 0 aliphatic carbocycles. The number of nitrogens with one attached hydrogen (secondary N) is 2. The molecule has 1 aromatic rings. The first-order valence-corrected chi connectivity index (χ1v) is 6.89. The van der Waals surface area contributed by atoms with E-state index in [1.165, 1.54) is 31.5 Å². The molecule has 124 valence electrons. The van der Waals surface area contributed by atoms with E-state index in [9.17, 15) is 14.7 Å². The Labute approximate surface area is 134 Å². The van der Waals surface area contributed by atoms with Crippen LogP contribution in [0.1, 0.15) is 31.1 Å². The molecular weight excluding hydrogens is 300 g/mol. The summed E-state index contributed by atoms with van der Waals surface area (Å²) in [5.41, 5.74) is 0.145. The fraction of sp³-hybridized carbons (Fsp3) is 0.375. The third-order valence-electron chi connectivity index (χ3n) is 2.96. The average molecular weight is 320 g/mol. The molecule has 1 atom stereocenters. The molecule has 0 saturated heterocycles. The summed E-state index contributed by atoms with van der Waals surface area (Å²) in [6, 6.07) is 4.91. The van der Waals surface area contributed by atoms with Gasteiger partial charge in [0.15, 0.2) is 0 Å². The third kappa shape index (κ3) is 5.62. The Bertz CT molecular complexity index is 608. The summed E-state index contributed by atoms with van der Waals surface area (Å²) < 4.78 is 5.33. The summed E-state index contributed by atoms with van der Waals surface area (Å²) >= 11 is 0. The number of carbonyl (C=O) groups excluding carboxylic acids is 2. The molecule has 1 aromatic carbocycles. The van der Waals surface area contributed by atoms with E-state index in [1.54, 1.807) is 19.1 Å². The molecule has 2 amide bonds. The van der Waals surface area contributed by atoms with Gasteiger partial charge in [-0.2, -0.15) is 0 Å². The molecule has 0 saturated carbocycles. The van der Waals surface area contributed by atoms with Crippen molar-refractivity contribution in [1.29, 1.82) is 0 Å². The van der Waals surface area contributed by atoms with Crippen LogP contribution in [0, 0.1) is 11.8 Å². The van der Waals surface area contributed by atoms with Crippen LogP contribution >= 0.6 is 0 Å². The van der Waals surface area contributed by atoms with Crippen molar-refractivity contribution in [2.45, 2.75) is 32.4 Å². The molecule has 0 fully saturated rings. The summed E-state index contributed by atoms with van der Waals surface area (Å²) in [7, 11) is 0. The number of rotatable bonds is 6. The van der Waals surface area contributed by atoms with Crippen molar-refractivity contribution in [3.05, 3.63) is 29.8 Å².